The molecule has 10 nitrogen and oxygen atoms in total. The normalized spacial score (nSPS) is 15.8. The largest absolute Gasteiger partial charge is 0.381 e. The minimum atomic E-state index is -1.22. The first-order valence-electron chi connectivity index (χ1n) is 12.0. The Balaban J connectivity index is 1.17. The molecule has 5 aromatic rings. The Labute approximate surface area is 218 Å². The zero-order valence-electron chi connectivity index (χ0n) is 20.5. The fourth-order valence-corrected chi connectivity index (χ4v) is 4.81. The Bertz CT molecular complexity index is 1530. The summed E-state index contributed by atoms with van der Waals surface area (Å²) in [5.41, 5.74) is 3.19. The number of halogens is 1. The van der Waals surface area contributed by atoms with Crippen LogP contribution in [0.3, 0.4) is 0 Å². The number of benzene rings is 1. The van der Waals surface area contributed by atoms with Crippen LogP contribution in [0.5, 0.6) is 0 Å². The third-order valence-electron chi connectivity index (χ3n) is 6.89. The number of piperazine rings is 1. The SMILES string of the molecule is Cn1cc(-c2cc3c(N4CCN(c5ncc([C@](C)(O)c6ccc(Cl)cc6)cn5)CC4)ncnn3c2)cn1. The second-order valence-corrected chi connectivity index (χ2v) is 9.81. The quantitative estimate of drug-likeness (QED) is 0.381. The topological polar surface area (TPSA) is 100 Å². The maximum atomic E-state index is 11.1. The highest BCUT2D eigenvalue weighted by molar-refractivity contribution is 6.30. The summed E-state index contributed by atoms with van der Waals surface area (Å²) in [6.07, 6.45) is 10.8. The van der Waals surface area contributed by atoms with Crippen molar-refractivity contribution in [2.75, 3.05) is 36.0 Å². The average Bonchev–Trinajstić information content (AvgIpc) is 3.55. The van der Waals surface area contributed by atoms with E-state index in [1.807, 2.05) is 42.3 Å². The first-order valence-corrected chi connectivity index (χ1v) is 12.4. The molecule has 1 aromatic carbocycles. The zero-order valence-corrected chi connectivity index (χ0v) is 21.3. The van der Waals surface area contributed by atoms with Crippen molar-refractivity contribution >= 4 is 28.9 Å². The molecular weight excluding hydrogens is 490 g/mol. The van der Waals surface area contributed by atoms with Gasteiger partial charge in [-0.2, -0.15) is 10.2 Å². The monoisotopic (exact) mass is 515 g/mol. The smallest absolute Gasteiger partial charge is 0.225 e. The van der Waals surface area contributed by atoms with E-state index in [-0.39, 0.29) is 0 Å². The number of rotatable bonds is 5. The van der Waals surface area contributed by atoms with Gasteiger partial charge >= 0.3 is 0 Å². The van der Waals surface area contributed by atoms with E-state index in [0.717, 1.165) is 54.2 Å². The summed E-state index contributed by atoms with van der Waals surface area (Å²) in [6, 6.07) is 9.25. The highest BCUT2D eigenvalue weighted by Crippen LogP contribution is 2.30. The molecule has 188 valence electrons. The number of fused-ring (bicyclic) bond motifs is 1. The van der Waals surface area contributed by atoms with Crippen molar-refractivity contribution in [2.24, 2.45) is 7.05 Å². The van der Waals surface area contributed by atoms with Crippen LogP contribution >= 0.6 is 11.6 Å². The lowest BCUT2D eigenvalue weighted by Crippen LogP contribution is -2.47. The minimum absolute atomic E-state index is 0.623. The van der Waals surface area contributed by atoms with Crippen molar-refractivity contribution < 1.29 is 5.11 Å². The maximum absolute atomic E-state index is 11.1. The first kappa shape index (κ1) is 23.4. The summed E-state index contributed by atoms with van der Waals surface area (Å²) in [5, 5.41) is 20.4. The van der Waals surface area contributed by atoms with Crippen molar-refractivity contribution in [3.63, 3.8) is 0 Å². The Hall–Kier alpha value is -4.02. The summed E-state index contributed by atoms with van der Waals surface area (Å²) in [6.45, 7) is 4.77. The van der Waals surface area contributed by atoms with Crippen molar-refractivity contribution in [3.8, 4) is 11.1 Å². The van der Waals surface area contributed by atoms with Crippen molar-refractivity contribution in [3.05, 3.63) is 83.8 Å². The molecule has 1 N–H and O–H groups in total. The Morgan fingerprint density at radius 3 is 2.22 bits per heavy atom. The Morgan fingerprint density at radius 2 is 1.54 bits per heavy atom. The lowest BCUT2D eigenvalue weighted by atomic mass is 9.90. The van der Waals surface area contributed by atoms with Crippen LogP contribution in [-0.4, -0.2) is 65.6 Å². The van der Waals surface area contributed by atoms with Crippen molar-refractivity contribution in [1.29, 1.82) is 0 Å². The highest BCUT2D eigenvalue weighted by atomic mass is 35.5. The molecule has 5 heterocycles. The third kappa shape index (κ3) is 4.38. The van der Waals surface area contributed by atoms with Gasteiger partial charge < -0.3 is 14.9 Å². The number of nitrogens with zero attached hydrogens (tertiary/aromatic N) is 9. The molecule has 0 amide bonds. The van der Waals surface area contributed by atoms with Gasteiger partial charge in [0.15, 0.2) is 5.82 Å². The highest BCUT2D eigenvalue weighted by Gasteiger charge is 2.28. The second-order valence-electron chi connectivity index (χ2n) is 9.37. The van der Waals surface area contributed by atoms with Crippen molar-refractivity contribution in [1.82, 2.24) is 34.3 Å². The number of hydrogen-bond donors (Lipinski definition) is 1. The van der Waals surface area contributed by atoms with Crippen LogP contribution in [0.2, 0.25) is 5.02 Å². The first-order chi connectivity index (χ1) is 17.9. The summed E-state index contributed by atoms with van der Waals surface area (Å²) in [5.74, 6) is 1.55. The predicted molar refractivity (Wildman–Crippen MR) is 142 cm³/mol. The maximum Gasteiger partial charge on any atom is 0.225 e. The standard InChI is InChI=1S/C26H26ClN9O/c1-26(37,20-3-5-22(27)6-4-20)21-13-28-25(29-14-21)35-9-7-34(8-10-35)24-23-11-18(16-36(23)32-17-30-24)19-12-31-33(2)15-19/h3-6,11-17,37H,7-10H2,1-2H3/t26-/m1/s1. The molecule has 1 fully saturated rings. The van der Waals surface area contributed by atoms with E-state index in [1.165, 1.54) is 0 Å². The minimum Gasteiger partial charge on any atom is -0.381 e. The van der Waals surface area contributed by atoms with E-state index in [2.05, 4.69) is 41.0 Å². The second kappa shape index (κ2) is 9.13. The Kier molecular flexibility index (Phi) is 5.77. The van der Waals surface area contributed by atoms with E-state index in [9.17, 15) is 5.11 Å². The van der Waals surface area contributed by atoms with Gasteiger partial charge in [-0.15, -0.1) is 0 Å². The van der Waals surface area contributed by atoms with Gasteiger partial charge in [-0.05, 0) is 30.7 Å². The number of aromatic nitrogens is 7. The molecule has 37 heavy (non-hydrogen) atoms. The molecule has 6 rings (SSSR count). The van der Waals surface area contributed by atoms with Crippen LogP contribution in [-0.2, 0) is 12.6 Å². The fourth-order valence-electron chi connectivity index (χ4n) is 4.68. The zero-order chi connectivity index (χ0) is 25.6. The molecule has 0 bridgehead atoms. The molecule has 1 aliphatic rings. The van der Waals surface area contributed by atoms with Gasteiger partial charge in [0.1, 0.15) is 17.4 Å². The fraction of sp³-hybridized carbons (Fsp3) is 0.269. The van der Waals surface area contributed by atoms with Gasteiger partial charge in [-0.25, -0.2) is 19.5 Å². The molecule has 0 unspecified atom stereocenters. The molecular formula is C26H26ClN9O. The molecule has 4 aromatic heterocycles. The van der Waals surface area contributed by atoms with Crippen LogP contribution < -0.4 is 9.80 Å². The van der Waals surface area contributed by atoms with Gasteiger partial charge in [0.05, 0.1) is 6.20 Å². The molecule has 0 saturated carbocycles. The Morgan fingerprint density at radius 1 is 0.838 bits per heavy atom. The van der Waals surface area contributed by atoms with Gasteiger partial charge in [0, 0.05) is 79.7 Å². The molecule has 1 aliphatic heterocycles. The predicted octanol–water partition coefficient (Wildman–Crippen LogP) is 3.16. The molecule has 1 atom stereocenters. The van der Waals surface area contributed by atoms with Crippen LogP contribution in [0.15, 0.2) is 67.6 Å². The molecule has 1 saturated heterocycles. The molecule has 0 aliphatic carbocycles. The van der Waals surface area contributed by atoms with E-state index in [0.29, 0.717) is 16.5 Å². The van der Waals surface area contributed by atoms with Gasteiger partial charge in [0.25, 0.3) is 0 Å². The molecule has 0 spiro atoms. The van der Waals surface area contributed by atoms with Gasteiger partial charge in [-0.1, -0.05) is 23.7 Å². The van der Waals surface area contributed by atoms with Crippen LogP contribution in [0.1, 0.15) is 18.1 Å². The summed E-state index contributed by atoms with van der Waals surface area (Å²) in [7, 11) is 1.91. The van der Waals surface area contributed by atoms with Crippen molar-refractivity contribution in [2.45, 2.75) is 12.5 Å². The number of hydrogen-bond acceptors (Lipinski definition) is 8. The number of aryl methyl sites for hydroxylation is 1. The number of aliphatic hydroxyl groups is 1. The lowest BCUT2D eigenvalue weighted by molar-refractivity contribution is 0.101. The van der Waals surface area contributed by atoms with E-state index in [4.69, 9.17) is 11.6 Å². The van der Waals surface area contributed by atoms with Crippen LogP contribution in [0.4, 0.5) is 11.8 Å². The third-order valence-corrected chi connectivity index (χ3v) is 7.14. The average molecular weight is 516 g/mol. The van der Waals surface area contributed by atoms with E-state index < -0.39 is 5.60 Å². The lowest BCUT2D eigenvalue weighted by Gasteiger charge is -2.35. The number of anilines is 2. The van der Waals surface area contributed by atoms with E-state index >= 15 is 0 Å². The summed E-state index contributed by atoms with van der Waals surface area (Å²) >= 11 is 5.99. The van der Waals surface area contributed by atoms with Gasteiger partial charge in [-0.3, -0.25) is 4.68 Å². The van der Waals surface area contributed by atoms with Gasteiger partial charge in [0.2, 0.25) is 5.95 Å². The van der Waals surface area contributed by atoms with Crippen LogP contribution in [0.25, 0.3) is 16.6 Å². The van der Waals surface area contributed by atoms with Crippen LogP contribution in [0, 0.1) is 0 Å². The summed E-state index contributed by atoms with van der Waals surface area (Å²) < 4.78 is 3.66. The summed E-state index contributed by atoms with van der Waals surface area (Å²) in [4.78, 5) is 18.2. The molecule has 0 radical (unpaired) electrons. The molecule has 11 heteroatoms. The van der Waals surface area contributed by atoms with E-state index in [1.54, 1.807) is 42.5 Å².